The molecule has 0 aliphatic heterocycles. The van der Waals surface area contributed by atoms with Crippen LogP contribution in [0.1, 0.15) is 408 Å². The van der Waals surface area contributed by atoms with Gasteiger partial charge in [0.25, 0.3) is 0 Å². The number of hydrogen-bond acceptors (Lipinski definition) is 10. The maximum absolute atomic E-state index is 14.0. The van der Waals surface area contributed by atoms with Gasteiger partial charge in [0.15, 0.2) is 0 Å². The minimum absolute atomic E-state index is 0.179. The molecule has 0 N–H and O–H groups in total. The minimum atomic E-state index is -0.749. The third kappa shape index (κ3) is 45.3. The predicted octanol–water partition coefficient (Wildman–Crippen LogP) is 29.1. The Bertz CT molecular complexity index is 2550. The third-order valence-corrected chi connectivity index (χ3v) is 20.1. The molecule has 570 valence electrons. The van der Waals surface area contributed by atoms with Crippen molar-refractivity contribution in [3.63, 3.8) is 0 Å². The normalized spacial score (nSPS) is 11.3. The number of nitro benzene ring substituents is 1. The Balaban J connectivity index is 1.33. The van der Waals surface area contributed by atoms with Gasteiger partial charge in [-0.25, -0.2) is 9.59 Å². The Kier molecular flexibility index (Phi) is 53.8. The van der Waals surface area contributed by atoms with Gasteiger partial charge in [-0.05, 0) is 79.3 Å². The van der Waals surface area contributed by atoms with E-state index in [4.69, 9.17) is 28.4 Å². The molecule has 0 aliphatic carbocycles. The summed E-state index contributed by atoms with van der Waals surface area (Å²) in [6.07, 6.45) is 71.6. The molecule has 4 aromatic rings. The molecule has 0 saturated heterocycles. The van der Waals surface area contributed by atoms with Crippen LogP contribution in [0.5, 0.6) is 34.5 Å². The summed E-state index contributed by atoms with van der Waals surface area (Å²) < 4.78 is 36.9. The maximum atomic E-state index is 14.0. The zero-order chi connectivity index (χ0) is 71.9. The summed E-state index contributed by atoms with van der Waals surface area (Å²) in [5, 5.41) is 12.7. The number of carbonyl (C=O) groups is 2. The summed E-state index contributed by atoms with van der Waals surface area (Å²) >= 11 is 0. The van der Waals surface area contributed by atoms with Gasteiger partial charge in [0.2, 0.25) is 5.75 Å². The Labute approximate surface area is 616 Å². The first-order valence-corrected chi connectivity index (χ1v) is 42.4. The van der Waals surface area contributed by atoms with Crippen molar-refractivity contribution in [2.24, 2.45) is 0 Å². The van der Waals surface area contributed by atoms with E-state index in [0.29, 0.717) is 71.9 Å². The van der Waals surface area contributed by atoms with E-state index in [2.05, 4.69) is 27.7 Å². The van der Waals surface area contributed by atoms with Crippen LogP contribution in [-0.4, -0.2) is 43.3 Å². The Morgan fingerprint density at radius 2 is 0.495 bits per heavy atom. The van der Waals surface area contributed by atoms with Gasteiger partial charge >= 0.3 is 17.6 Å². The van der Waals surface area contributed by atoms with Gasteiger partial charge in [-0.3, -0.25) is 10.1 Å². The van der Waals surface area contributed by atoms with Crippen LogP contribution in [0.2, 0.25) is 0 Å². The highest BCUT2D eigenvalue weighted by Gasteiger charge is 2.23. The fraction of sp³-hybridized carbons (Fsp3) is 0.711. The molecule has 0 fully saturated rings. The number of nitrogens with zero attached hydrogens (tertiary/aromatic N) is 1. The molecule has 11 heteroatoms. The second-order valence-electron chi connectivity index (χ2n) is 29.4. The maximum Gasteiger partial charge on any atom is 0.344 e. The minimum Gasteiger partial charge on any atom is -0.493 e. The van der Waals surface area contributed by atoms with Crippen LogP contribution in [-0.2, 0) is 0 Å². The van der Waals surface area contributed by atoms with E-state index >= 15 is 0 Å². The number of benzene rings is 4. The highest BCUT2D eigenvalue weighted by Crippen LogP contribution is 2.35. The molecular weight excluding hydrogens is 1250 g/mol. The summed E-state index contributed by atoms with van der Waals surface area (Å²) in [6, 6.07) is 21.8. The van der Waals surface area contributed by atoms with Crippen LogP contribution in [0, 0.1) is 10.1 Å². The number of esters is 2. The SMILES string of the molecule is CCCCCCCCCCCCCCCCOc1cc(OCCCCCCCCCCCCCCCC)cc(C(=O)Oc2ccc(-c3ccc(OC(=O)c4cc(OCCCCCCCCCCCCCCCC)cc(OCCCCCCCCCCCCCCCC)c4)c([N+](=O)[O-])c3)cc2)c1. The first-order valence-electron chi connectivity index (χ1n) is 42.4. The molecule has 0 unspecified atom stereocenters. The lowest BCUT2D eigenvalue weighted by molar-refractivity contribution is -0.385. The van der Waals surface area contributed by atoms with Crippen LogP contribution in [0.15, 0.2) is 78.9 Å². The van der Waals surface area contributed by atoms with E-state index < -0.39 is 16.9 Å². The molecule has 0 heterocycles. The number of unbranched alkanes of at least 4 members (excludes halogenated alkanes) is 52. The van der Waals surface area contributed by atoms with E-state index in [1.807, 2.05) is 12.1 Å². The summed E-state index contributed by atoms with van der Waals surface area (Å²) in [5.41, 5.74) is 1.32. The lowest BCUT2D eigenvalue weighted by Crippen LogP contribution is -2.11. The quantitative estimate of drug-likeness (QED) is 0.0138. The molecule has 0 aliphatic rings. The molecule has 4 rings (SSSR count). The summed E-state index contributed by atoms with van der Waals surface area (Å²) in [6.45, 7) is 11.2. The van der Waals surface area contributed by atoms with Crippen molar-refractivity contribution >= 4 is 17.6 Å². The first kappa shape index (κ1) is 87.8. The van der Waals surface area contributed by atoms with E-state index in [9.17, 15) is 19.7 Å². The molecule has 0 radical (unpaired) electrons. The van der Waals surface area contributed by atoms with Crippen molar-refractivity contribution in [1.82, 2.24) is 0 Å². The summed E-state index contributed by atoms with van der Waals surface area (Å²) in [5.74, 6) is 0.993. The highest BCUT2D eigenvalue weighted by molar-refractivity contribution is 5.93. The second kappa shape index (κ2) is 61.9. The first-order chi connectivity index (χ1) is 49.7. The van der Waals surface area contributed by atoms with Crippen LogP contribution in [0.4, 0.5) is 5.69 Å². The van der Waals surface area contributed by atoms with Gasteiger partial charge in [-0.15, -0.1) is 0 Å². The number of hydrogen-bond donors (Lipinski definition) is 0. The molecule has 101 heavy (non-hydrogen) atoms. The monoisotopic (exact) mass is 1400 g/mol. The van der Waals surface area contributed by atoms with Crippen LogP contribution in [0.25, 0.3) is 11.1 Å². The standard InChI is InChI=1S/C90H145NO10/c1-5-9-13-17-21-25-29-33-37-41-45-49-53-57-67-96-83-71-80(72-84(76-83)97-68-58-54-50-46-42-38-34-30-26-22-18-14-10-6-2)89(92)100-82-64-61-78(62-65-82)79-63-66-88(87(75-79)91(94)95)101-90(93)81-73-85(98-69-59-55-51-47-43-39-35-31-27-23-19-15-11-7-3)77-86(74-81)99-70-60-56-52-48-44-40-36-32-28-24-20-16-12-8-4/h61-66,71-77H,5-60,67-70H2,1-4H3. The van der Waals surface area contributed by atoms with Gasteiger partial charge in [0, 0.05) is 18.2 Å². The number of ether oxygens (including phenoxy) is 6. The van der Waals surface area contributed by atoms with Gasteiger partial charge in [0.05, 0.1) is 42.5 Å². The van der Waals surface area contributed by atoms with E-state index in [-0.39, 0.29) is 17.0 Å². The van der Waals surface area contributed by atoms with Gasteiger partial charge in [-0.2, -0.15) is 0 Å². The average Bonchev–Trinajstić information content (AvgIpc) is 0.821. The molecule has 11 nitrogen and oxygen atoms in total. The third-order valence-electron chi connectivity index (χ3n) is 20.1. The topological polar surface area (TPSA) is 133 Å². The molecule has 0 saturated carbocycles. The smallest absolute Gasteiger partial charge is 0.344 e. The predicted molar refractivity (Wildman–Crippen MR) is 425 cm³/mol. The average molecular weight is 1400 g/mol. The van der Waals surface area contributed by atoms with E-state index in [1.165, 1.54) is 320 Å². The lowest BCUT2D eigenvalue weighted by atomic mass is 10.0. The Morgan fingerprint density at radius 3 is 0.743 bits per heavy atom. The fourth-order valence-electron chi connectivity index (χ4n) is 13.6. The molecule has 0 bridgehead atoms. The van der Waals surface area contributed by atoms with E-state index in [1.54, 1.807) is 54.6 Å². The van der Waals surface area contributed by atoms with Crippen molar-refractivity contribution in [2.45, 2.75) is 387 Å². The van der Waals surface area contributed by atoms with Crippen LogP contribution >= 0.6 is 0 Å². The number of rotatable bonds is 70. The zero-order valence-electron chi connectivity index (χ0n) is 65.0. The second-order valence-corrected chi connectivity index (χ2v) is 29.4. The number of nitro groups is 1. The molecule has 0 spiro atoms. The molecular formula is C90H145NO10. The summed E-state index contributed by atoms with van der Waals surface area (Å²) in [7, 11) is 0. The Hall–Kier alpha value is -5.58. The van der Waals surface area contributed by atoms with Crippen LogP contribution in [0.3, 0.4) is 0 Å². The van der Waals surface area contributed by atoms with Gasteiger partial charge < -0.3 is 28.4 Å². The van der Waals surface area contributed by atoms with Crippen molar-refractivity contribution in [1.29, 1.82) is 0 Å². The molecule has 0 aromatic heterocycles. The van der Waals surface area contributed by atoms with Gasteiger partial charge in [0.1, 0.15) is 28.7 Å². The number of carbonyl (C=O) groups excluding carboxylic acids is 2. The fourth-order valence-corrected chi connectivity index (χ4v) is 13.6. The van der Waals surface area contributed by atoms with Crippen LogP contribution < -0.4 is 28.4 Å². The summed E-state index contributed by atoms with van der Waals surface area (Å²) in [4.78, 5) is 40.1. The largest absolute Gasteiger partial charge is 0.493 e. The van der Waals surface area contributed by atoms with Gasteiger partial charge in [-0.1, -0.05) is 380 Å². The zero-order valence-corrected chi connectivity index (χ0v) is 65.0. The molecule has 0 atom stereocenters. The molecule has 0 amide bonds. The van der Waals surface area contributed by atoms with E-state index in [0.717, 1.165) is 51.4 Å². The highest BCUT2D eigenvalue weighted by atomic mass is 16.6. The van der Waals surface area contributed by atoms with Crippen molar-refractivity contribution in [3.05, 3.63) is 100 Å². The van der Waals surface area contributed by atoms with Crippen molar-refractivity contribution in [3.8, 4) is 45.6 Å². The lowest BCUT2D eigenvalue weighted by Gasteiger charge is -2.13. The molecule has 4 aromatic carbocycles. The van der Waals surface area contributed by atoms with Crippen molar-refractivity contribution in [2.75, 3.05) is 26.4 Å². The Morgan fingerprint density at radius 1 is 0.267 bits per heavy atom. The van der Waals surface area contributed by atoms with Crippen molar-refractivity contribution < 1.29 is 42.9 Å².